The molecule has 0 aliphatic carbocycles. The second kappa shape index (κ2) is 4.29. The van der Waals surface area contributed by atoms with Crippen LogP contribution in [0.25, 0.3) is 6.08 Å². The van der Waals surface area contributed by atoms with Crippen molar-refractivity contribution in [1.82, 2.24) is 0 Å². The highest BCUT2D eigenvalue weighted by atomic mass is 32.2. The van der Waals surface area contributed by atoms with E-state index in [-0.39, 0.29) is 5.41 Å². The minimum absolute atomic E-state index is 0.164. The Kier molecular flexibility index (Phi) is 3.42. The maximum Gasteiger partial charge on any atom is 0.501 e. The summed E-state index contributed by atoms with van der Waals surface area (Å²) in [5.74, 6) is 0. The molecule has 0 fully saturated rings. The number of benzene rings is 1. The van der Waals surface area contributed by atoms with E-state index in [9.17, 15) is 21.6 Å². The average molecular weight is 250 g/mol. The summed E-state index contributed by atoms with van der Waals surface area (Å²) in [6, 6.07) is 6.44. The van der Waals surface area contributed by atoms with Crippen LogP contribution in [0.1, 0.15) is 11.1 Å². The van der Waals surface area contributed by atoms with Crippen molar-refractivity contribution in [1.29, 1.82) is 0 Å². The fraction of sp³-hybridized carbons (Fsp3) is 0.200. The first-order valence-corrected chi connectivity index (χ1v) is 5.83. The van der Waals surface area contributed by atoms with E-state index >= 15 is 0 Å². The molecule has 0 atom stereocenters. The Bertz CT molecular complexity index is 484. The van der Waals surface area contributed by atoms with E-state index in [2.05, 4.69) is 0 Å². The van der Waals surface area contributed by atoms with E-state index in [0.29, 0.717) is 5.56 Å². The van der Waals surface area contributed by atoms with Crippen LogP contribution in [0.3, 0.4) is 0 Å². The topological polar surface area (TPSA) is 34.1 Å². The molecular formula is C10H9F3O2S. The molecule has 1 aromatic carbocycles. The van der Waals surface area contributed by atoms with Crippen molar-refractivity contribution >= 4 is 15.9 Å². The van der Waals surface area contributed by atoms with Crippen molar-refractivity contribution in [2.45, 2.75) is 12.4 Å². The molecule has 0 saturated carbocycles. The zero-order chi connectivity index (χ0) is 12.4. The van der Waals surface area contributed by atoms with Gasteiger partial charge in [-0.25, -0.2) is 8.42 Å². The predicted octanol–water partition coefficient (Wildman–Crippen LogP) is 2.90. The Hall–Kier alpha value is -1.30. The van der Waals surface area contributed by atoms with Gasteiger partial charge in [-0.3, -0.25) is 0 Å². The fourth-order valence-corrected chi connectivity index (χ4v) is 1.41. The first-order valence-electron chi connectivity index (χ1n) is 4.28. The number of hydrogen-bond acceptors (Lipinski definition) is 2. The Morgan fingerprint density at radius 3 is 2.06 bits per heavy atom. The third kappa shape index (κ3) is 3.10. The first kappa shape index (κ1) is 12.8. The molecule has 88 valence electrons. The molecule has 2 nitrogen and oxygen atoms in total. The van der Waals surface area contributed by atoms with Crippen molar-refractivity contribution in [3.63, 3.8) is 0 Å². The lowest BCUT2D eigenvalue weighted by Crippen LogP contribution is -2.20. The molecule has 1 aromatic rings. The third-order valence-electron chi connectivity index (χ3n) is 1.84. The van der Waals surface area contributed by atoms with Crippen LogP contribution in [-0.4, -0.2) is 13.9 Å². The molecule has 0 N–H and O–H groups in total. The summed E-state index contributed by atoms with van der Waals surface area (Å²) in [4.78, 5) is 0. The molecule has 0 bridgehead atoms. The molecule has 0 aliphatic heterocycles. The molecule has 0 spiro atoms. The van der Waals surface area contributed by atoms with Gasteiger partial charge < -0.3 is 0 Å². The summed E-state index contributed by atoms with van der Waals surface area (Å²) in [5.41, 5.74) is -3.90. The van der Waals surface area contributed by atoms with Crippen LogP contribution in [0, 0.1) is 6.92 Å². The summed E-state index contributed by atoms with van der Waals surface area (Å²) in [5, 5.41) is 0.164. The van der Waals surface area contributed by atoms with Crippen LogP contribution in [0.15, 0.2) is 29.7 Å². The molecule has 0 saturated heterocycles. The van der Waals surface area contributed by atoms with Crippen molar-refractivity contribution in [2.75, 3.05) is 0 Å². The van der Waals surface area contributed by atoms with Crippen LogP contribution in [0.4, 0.5) is 13.2 Å². The van der Waals surface area contributed by atoms with Crippen molar-refractivity contribution < 1.29 is 21.6 Å². The number of rotatable bonds is 2. The number of sulfone groups is 1. The lowest BCUT2D eigenvalue weighted by molar-refractivity contribution is -0.0423. The highest BCUT2D eigenvalue weighted by Gasteiger charge is 2.43. The van der Waals surface area contributed by atoms with E-state index in [1.54, 1.807) is 12.1 Å². The van der Waals surface area contributed by atoms with Crippen LogP contribution < -0.4 is 0 Å². The lowest BCUT2D eigenvalue weighted by atomic mass is 10.2. The van der Waals surface area contributed by atoms with E-state index in [0.717, 1.165) is 11.6 Å². The van der Waals surface area contributed by atoms with Gasteiger partial charge in [0, 0.05) is 5.41 Å². The van der Waals surface area contributed by atoms with Crippen molar-refractivity contribution in [3.8, 4) is 0 Å². The fourth-order valence-electron chi connectivity index (χ4n) is 0.923. The molecule has 16 heavy (non-hydrogen) atoms. The van der Waals surface area contributed by atoms with E-state index in [1.807, 2.05) is 6.92 Å². The standard InChI is InChI=1S/C10H9F3O2S/c1-8-2-4-9(5-3-8)6-7-16(14,15)10(11,12)13/h2-7H,1H3. The van der Waals surface area contributed by atoms with E-state index in [1.165, 1.54) is 12.1 Å². The summed E-state index contributed by atoms with van der Waals surface area (Å²) in [6.45, 7) is 1.82. The zero-order valence-corrected chi connectivity index (χ0v) is 9.14. The van der Waals surface area contributed by atoms with Gasteiger partial charge in [0.2, 0.25) is 0 Å². The number of alkyl halides is 3. The Morgan fingerprint density at radius 1 is 1.12 bits per heavy atom. The number of aryl methyl sites for hydroxylation is 1. The van der Waals surface area contributed by atoms with Gasteiger partial charge in [0.1, 0.15) is 0 Å². The lowest BCUT2D eigenvalue weighted by Gasteiger charge is -2.02. The van der Waals surface area contributed by atoms with Gasteiger partial charge in [0.05, 0.1) is 0 Å². The Labute approximate surface area is 91.3 Å². The summed E-state index contributed by atoms with van der Waals surface area (Å²) < 4.78 is 57.2. The number of halogens is 3. The molecule has 1 rings (SSSR count). The SMILES string of the molecule is Cc1ccc(C=CS(=O)(=O)C(F)(F)F)cc1. The Balaban J connectivity index is 2.94. The summed E-state index contributed by atoms with van der Waals surface area (Å²) in [7, 11) is -5.19. The highest BCUT2D eigenvalue weighted by molar-refractivity contribution is 7.95. The molecule has 0 amide bonds. The molecule has 0 aromatic heterocycles. The Morgan fingerprint density at radius 2 is 1.62 bits per heavy atom. The minimum Gasteiger partial charge on any atom is -0.215 e. The quantitative estimate of drug-likeness (QED) is 0.808. The average Bonchev–Trinajstić information content (AvgIpc) is 2.15. The van der Waals surface area contributed by atoms with Crippen molar-refractivity contribution in [3.05, 3.63) is 40.8 Å². The minimum atomic E-state index is -5.24. The van der Waals surface area contributed by atoms with Gasteiger partial charge in [0.15, 0.2) is 0 Å². The van der Waals surface area contributed by atoms with Gasteiger partial charge in [0.25, 0.3) is 9.84 Å². The number of hydrogen-bond donors (Lipinski definition) is 0. The summed E-state index contributed by atoms with van der Waals surface area (Å²) >= 11 is 0. The van der Waals surface area contributed by atoms with Gasteiger partial charge in [-0.2, -0.15) is 13.2 Å². The maximum absolute atomic E-state index is 12.0. The molecule has 6 heteroatoms. The van der Waals surface area contributed by atoms with Gasteiger partial charge in [-0.05, 0) is 18.6 Å². The smallest absolute Gasteiger partial charge is 0.215 e. The first-order chi connectivity index (χ1) is 7.22. The molecular weight excluding hydrogens is 241 g/mol. The largest absolute Gasteiger partial charge is 0.501 e. The van der Waals surface area contributed by atoms with Crippen LogP contribution in [-0.2, 0) is 9.84 Å². The highest BCUT2D eigenvalue weighted by Crippen LogP contribution is 2.25. The zero-order valence-electron chi connectivity index (χ0n) is 8.32. The molecule has 0 unspecified atom stereocenters. The summed E-state index contributed by atoms with van der Waals surface area (Å²) in [6.07, 6.45) is 0.919. The normalized spacial score (nSPS) is 13.2. The van der Waals surface area contributed by atoms with Gasteiger partial charge in [-0.15, -0.1) is 0 Å². The third-order valence-corrected chi connectivity index (χ3v) is 2.98. The van der Waals surface area contributed by atoms with Crippen LogP contribution >= 0.6 is 0 Å². The second-order valence-corrected chi connectivity index (χ2v) is 5.03. The monoisotopic (exact) mass is 250 g/mol. The van der Waals surface area contributed by atoms with Crippen LogP contribution in [0.5, 0.6) is 0 Å². The molecule has 0 heterocycles. The second-order valence-electron chi connectivity index (χ2n) is 3.20. The van der Waals surface area contributed by atoms with Crippen molar-refractivity contribution in [2.24, 2.45) is 0 Å². The van der Waals surface area contributed by atoms with Gasteiger partial charge >= 0.3 is 5.51 Å². The predicted molar refractivity (Wildman–Crippen MR) is 55.2 cm³/mol. The molecule has 0 radical (unpaired) electrons. The van der Waals surface area contributed by atoms with Gasteiger partial charge in [-0.1, -0.05) is 29.8 Å². The van der Waals surface area contributed by atoms with Crippen LogP contribution in [0.2, 0.25) is 0 Å². The van der Waals surface area contributed by atoms with E-state index < -0.39 is 15.3 Å². The molecule has 0 aliphatic rings. The van der Waals surface area contributed by atoms with E-state index in [4.69, 9.17) is 0 Å². The maximum atomic E-state index is 12.0.